The van der Waals surface area contributed by atoms with Gasteiger partial charge in [0, 0.05) is 25.0 Å². The molecule has 2 aromatic rings. The molecule has 1 aromatic heterocycles. The fraction of sp³-hybridized carbons (Fsp3) is 0.500. The second-order valence-corrected chi connectivity index (χ2v) is 6.43. The van der Waals surface area contributed by atoms with E-state index in [9.17, 15) is 0 Å². The zero-order chi connectivity index (χ0) is 18.4. The number of nitrogens with two attached hydrogens (primary N) is 1. The van der Waals surface area contributed by atoms with E-state index < -0.39 is 0 Å². The third kappa shape index (κ3) is 4.62. The van der Waals surface area contributed by atoms with Crippen LogP contribution in [0.3, 0.4) is 0 Å². The van der Waals surface area contributed by atoms with Gasteiger partial charge in [-0.15, -0.1) is 0 Å². The Kier molecular flexibility index (Phi) is 6.62. The van der Waals surface area contributed by atoms with Crippen molar-refractivity contribution in [1.29, 1.82) is 0 Å². The molecule has 0 spiro atoms. The van der Waals surface area contributed by atoms with E-state index in [-0.39, 0.29) is 0 Å². The predicted molar refractivity (Wildman–Crippen MR) is 106 cm³/mol. The number of nitrogens with zero attached hydrogens (tertiary/aromatic N) is 3. The van der Waals surface area contributed by atoms with Gasteiger partial charge in [0.25, 0.3) is 0 Å². The highest BCUT2D eigenvalue weighted by Gasteiger charge is 2.09. The average Bonchev–Trinajstić information content (AvgIpc) is 2.84. The van der Waals surface area contributed by atoms with Crippen molar-refractivity contribution in [3.05, 3.63) is 46.3 Å². The average molecular weight is 342 g/mol. The molecular weight excluding hydrogens is 310 g/mol. The smallest absolute Gasteiger partial charge is 0.193 e. The summed E-state index contributed by atoms with van der Waals surface area (Å²) >= 11 is 0. The lowest BCUT2D eigenvalue weighted by atomic mass is 10.0. The van der Waals surface area contributed by atoms with Crippen LogP contribution in [0, 0.1) is 13.8 Å². The summed E-state index contributed by atoms with van der Waals surface area (Å²) in [6.45, 7) is 9.21. The number of aryl methyl sites for hydroxylation is 4. The minimum atomic E-state index is 0.496. The second-order valence-electron chi connectivity index (χ2n) is 6.43. The maximum Gasteiger partial charge on any atom is 0.193 e. The zero-order valence-electron chi connectivity index (χ0n) is 16.2. The standard InChI is InChI=1S/C20H31N5/c1-6-16-10-8-11-17(7-2)19(16)23-20(21)22-13-9-12-18-14(3)24-25(5)15(18)4/h8,10-11H,6-7,9,12-13H2,1-5H3,(H3,21,22,23). The summed E-state index contributed by atoms with van der Waals surface area (Å²) in [6.07, 6.45) is 3.89. The molecule has 0 fully saturated rings. The molecule has 1 aromatic carbocycles. The van der Waals surface area contributed by atoms with Crippen LogP contribution in [0.2, 0.25) is 0 Å². The van der Waals surface area contributed by atoms with Gasteiger partial charge < -0.3 is 11.1 Å². The van der Waals surface area contributed by atoms with Gasteiger partial charge in [0.15, 0.2) is 5.96 Å². The first-order chi connectivity index (χ1) is 12.0. The van der Waals surface area contributed by atoms with Crippen LogP contribution in [0.5, 0.6) is 0 Å². The summed E-state index contributed by atoms with van der Waals surface area (Å²) in [5.41, 5.74) is 13.5. The molecule has 0 atom stereocenters. The maximum atomic E-state index is 6.12. The number of guanidine groups is 1. The number of anilines is 1. The van der Waals surface area contributed by atoms with E-state index in [2.05, 4.69) is 61.3 Å². The Morgan fingerprint density at radius 3 is 2.36 bits per heavy atom. The van der Waals surface area contributed by atoms with Crippen molar-refractivity contribution in [2.75, 3.05) is 11.9 Å². The van der Waals surface area contributed by atoms with Crippen LogP contribution >= 0.6 is 0 Å². The number of benzene rings is 1. The third-order valence-corrected chi connectivity index (χ3v) is 4.78. The van der Waals surface area contributed by atoms with Gasteiger partial charge in [-0.25, -0.2) is 0 Å². The van der Waals surface area contributed by atoms with Crippen LogP contribution in [-0.4, -0.2) is 22.3 Å². The minimum Gasteiger partial charge on any atom is -0.370 e. The number of para-hydroxylation sites is 1. The zero-order valence-corrected chi connectivity index (χ0v) is 16.2. The van der Waals surface area contributed by atoms with E-state index in [1.807, 2.05) is 11.7 Å². The van der Waals surface area contributed by atoms with Crippen molar-refractivity contribution in [2.24, 2.45) is 17.8 Å². The highest BCUT2D eigenvalue weighted by atomic mass is 15.3. The summed E-state index contributed by atoms with van der Waals surface area (Å²) in [6, 6.07) is 6.39. The van der Waals surface area contributed by atoms with Crippen LogP contribution < -0.4 is 11.1 Å². The number of hydrogen-bond donors (Lipinski definition) is 2. The monoisotopic (exact) mass is 341 g/mol. The summed E-state index contributed by atoms with van der Waals surface area (Å²) in [4.78, 5) is 4.51. The lowest BCUT2D eigenvalue weighted by Crippen LogP contribution is -2.24. The van der Waals surface area contributed by atoms with Gasteiger partial charge in [-0.3, -0.25) is 9.67 Å². The van der Waals surface area contributed by atoms with Crippen molar-refractivity contribution in [2.45, 2.75) is 53.4 Å². The van der Waals surface area contributed by atoms with Crippen molar-refractivity contribution in [3.8, 4) is 0 Å². The predicted octanol–water partition coefficient (Wildman–Crippen LogP) is 3.52. The Morgan fingerprint density at radius 1 is 1.20 bits per heavy atom. The number of aromatic nitrogens is 2. The van der Waals surface area contributed by atoms with Gasteiger partial charge >= 0.3 is 0 Å². The van der Waals surface area contributed by atoms with Crippen LogP contribution in [0.4, 0.5) is 5.69 Å². The van der Waals surface area contributed by atoms with Gasteiger partial charge in [-0.05, 0) is 56.2 Å². The van der Waals surface area contributed by atoms with Gasteiger partial charge in [-0.1, -0.05) is 32.0 Å². The third-order valence-electron chi connectivity index (χ3n) is 4.78. The molecule has 0 bridgehead atoms. The Bertz CT molecular complexity index is 721. The Balaban J connectivity index is 1.96. The number of rotatable bonds is 7. The molecule has 5 nitrogen and oxygen atoms in total. The molecule has 136 valence electrons. The first kappa shape index (κ1) is 19.0. The molecule has 3 N–H and O–H groups in total. The van der Waals surface area contributed by atoms with Gasteiger partial charge in [0.05, 0.1) is 5.69 Å². The second kappa shape index (κ2) is 8.70. The minimum absolute atomic E-state index is 0.496. The molecule has 0 aliphatic heterocycles. The van der Waals surface area contributed by atoms with Crippen LogP contribution in [0.15, 0.2) is 23.2 Å². The van der Waals surface area contributed by atoms with E-state index in [1.165, 1.54) is 22.4 Å². The topological polar surface area (TPSA) is 68.2 Å². The summed E-state index contributed by atoms with van der Waals surface area (Å²) in [5, 5.41) is 7.78. The molecule has 5 heteroatoms. The number of hydrogen-bond acceptors (Lipinski definition) is 2. The molecule has 0 amide bonds. The lowest BCUT2D eigenvalue weighted by Gasteiger charge is -2.14. The SMILES string of the molecule is CCc1cccc(CC)c1NC(N)=NCCCc1c(C)nn(C)c1C. The molecule has 0 saturated carbocycles. The summed E-state index contributed by atoms with van der Waals surface area (Å²) in [5.74, 6) is 0.496. The molecule has 1 heterocycles. The van der Waals surface area contributed by atoms with Crippen LogP contribution in [0.1, 0.15) is 48.3 Å². The van der Waals surface area contributed by atoms with E-state index in [0.29, 0.717) is 12.5 Å². The van der Waals surface area contributed by atoms with E-state index in [0.717, 1.165) is 37.1 Å². The number of aliphatic imine (C=N–C) groups is 1. The normalized spacial score (nSPS) is 11.8. The fourth-order valence-corrected chi connectivity index (χ4v) is 3.21. The van der Waals surface area contributed by atoms with Gasteiger partial charge in [0.1, 0.15) is 0 Å². The molecule has 0 saturated heterocycles. The quantitative estimate of drug-likeness (QED) is 0.460. The Morgan fingerprint density at radius 2 is 1.84 bits per heavy atom. The molecule has 2 rings (SSSR count). The van der Waals surface area contributed by atoms with Crippen molar-refractivity contribution in [1.82, 2.24) is 9.78 Å². The molecule has 0 aliphatic carbocycles. The van der Waals surface area contributed by atoms with E-state index in [1.54, 1.807) is 0 Å². The maximum absolute atomic E-state index is 6.12. The van der Waals surface area contributed by atoms with Crippen LogP contribution in [0.25, 0.3) is 0 Å². The fourth-order valence-electron chi connectivity index (χ4n) is 3.21. The Labute approximate surface area is 151 Å². The molecule has 0 radical (unpaired) electrons. The first-order valence-electron chi connectivity index (χ1n) is 9.14. The van der Waals surface area contributed by atoms with Crippen molar-refractivity contribution >= 4 is 11.6 Å². The molecule has 25 heavy (non-hydrogen) atoms. The van der Waals surface area contributed by atoms with Crippen LogP contribution in [-0.2, 0) is 26.3 Å². The first-order valence-corrected chi connectivity index (χ1v) is 9.14. The largest absolute Gasteiger partial charge is 0.370 e. The van der Waals surface area contributed by atoms with Crippen molar-refractivity contribution < 1.29 is 0 Å². The molecular formula is C20H31N5. The molecule has 0 unspecified atom stereocenters. The van der Waals surface area contributed by atoms with E-state index in [4.69, 9.17) is 5.73 Å². The van der Waals surface area contributed by atoms with E-state index >= 15 is 0 Å². The van der Waals surface area contributed by atoms with Crippen molar-refractivity contribution in [3.63, 3.8) is 0 Å². The highest BCUT2D eigenvalue weighted by Crippen LogP contribution is 2.22. The summed E-state index contributed by atoms with van der Waals surface area (Å²) in [7, 11) is 1.99. The molecule has 0 aliphatic rings. The lowest BCUT2D eigenvalue weighted by molar-refractivity contribution is 0.728. The Hall–Kier alpha value is -2.30. The van der Waals surface area contributed by atoms with Gasteiger partial charge in [0.2, 0.25) is 0 Å². The van der Waals surface area contributed by atoms with Gasteiger partial charge in [-0.2, -0.15) is 5.10 Å². The number of nitrogens with one attached hydrogen (secondary N) is 1. The highest BCUT2D eigenvalue weighted by molar-refractivity contribution is 5.93. The summed E-state index contributed by atoms with van der Waals surface area (Å²) < 4.78 is 1.94.